The first-order chi connectivity index (χ1) is 14.1. The first-order valence-corrected chi connectivity index (χ1v) is 12.3. The standard InChI is InChI=1S/C19H22FN3O5S2/c1-21-30(27,28)16-7-8-18(20)17(13-16)19(24)22-9-11-23(12-10-22)29(25,26)14-15-5-3-2-4-6-15/h2-8,13,21H,9-12,14H2,1H3. The van der Waals surface area contributed by atoms with E-state index in [9.17, 15) is 26.0 Å². The zero-order valence-corrected chi connectivity index (χ0v) is 17.9. The summed E-state index contributed by atoms with van der Waals surface area (Å²) in [6, 6.07) is 11.8. The van der Waals surface area contributed by atoms with Crippen molar-refractivity contribution in [3.63, 3.8) is 0 Å². The number of amides is 1. The summed E-state index contributed by atoms with van der Waals surface area (Å²) in [7, 11) is -6.17. The number of carbonyl (C=O) groups excluding carboxylic acids is 1. The summed E-state index contributed by atoms with van der Waals surface area (Å²) < 4.78 is 66.8. The quantitative estimate of drug-likeness (QED) is 0.701. The highest BCUT2D eigenvalue weighted by atomic mass is 32.2. The molecule has 0 aliphatic carbocycles. The summed E-state index contributed by atoms with van der Waals surface area (Å²) >= 11 is 0. The van der Waals surface area contributed by atoms with Gasteiger partial charge in [0.05, 0.1) is 16.2 Å². The van der Waals surface area contributed by atoms with Crippen molar-refractivity contribution in [3.05, 3.63) is 65.5 Å². The van der Waals surface area contributed by atoms with Crippen molar-refractivity contribution in [2.45, 2.75) is 10.6 Å². The van der Waals surface area contributed by atoms with Crippen molar-refractivity contribution < 1.29 is 26.0 Å². The van der Waals surface area contributed by atoms with Crippen molar-refractivity contribution in [1.82, 2.24) is 13.9 Å². The number of rotatable bonds is 6. The van der Waals surface area contributed by atoms with Gasteiger partial charge in [0.2, 0.25) is 20.0 Å². The van der Waals surface area contributed by atoms with E-state index >= 15 is 0 Å². The van der Waals surface area contributed by atoms with Crippen molar-refractivity contribution in [3.8, 4) is 0 Å². The molecule has 30 heavy (non-hydrogen) atoms. The number of nitrogens with zero attached hydrogens (tertiary/aromatic N) is 2. The van der Waals surface area contributed by atoms with Gasteiger partial charge in [-0.1, -0.05) is 30.3 Å². The van der Waals surface area contributed by atoms with Gasteiger partial charge in [0.15, 0.2) is 0 Å². The van der Waals surface area contributed by atoms with Crippen molar-refractivity contribution in [2.24, 2.45) is 0 Å². The van der Waals surface area contributed by atoms with Crippen LogP contribution in [0.1, 0.15) is 15.9 Å². The third-order valence-corrected chi connectivity index (χ3v) is 8.12. The van der Waals surface area contributed by atoms with Gasteiger partial charge in [-0.15, -0.1) is 0 Å². The normalized spacial score (nSPS) is 15.9. The molecular weight excluding hydrogens is 433 g/mol. The van der Waals surface area contributed by atoms with E-state index in [1.165, 1.54) is 16.3 Å². The van der Waals surface area contributed by atoms with E-state index < -0.39 is 31.8 Å². The molecule has 3 rings (SSSR count). The highest BCUT2D eigenvalue weighted by Gasteiger charge is 2.30. The lowest BCUT2D eigenvalue weighted by molar-refractivity contribution is 0.0692. The van der Waals surface area contributed by atoms with Crippen LogP contribution >= 0.6 is 0 Å². The van der Waals surface area contributed by atoms with Gasteiger partial charge < -0.3 is 4.90 Å². The Labute approximate surface area is 175 Å². The number of sulfonamides is 2. The van der Waals surface area contributed by atoms with Crippen molar-refractivity contribution in [1.29, 1.82) is 0 Å². The molecule has 0 unspecified atom stereocenters. The molecule has 0 saturated carbocycles. The zero-order valence-electron chi connectivity index (χ0n) is 16.3. The lowest BCUT2D eigenvalue weighted by Crippen LogP contribution is -2.50. The van der Waals surface area contributed by atoms with Crippen LogP contribution in [-0.4, -0.2) is 65.2 Å². The van der Waals surface area contributed by atoms with Crippen LogP contribution < -0.4 is 4.72 Å². The van der Waals surface area contributed by atoms with E-state index in [1.54, 1.807) is 30.3 Å². The molecule has 0 aromatic heterocycles. The van der Waals surface area contributed by atoms with E-state index in [0.717, 1.165) is 18.2 Å². The predicted molar refractivity (Wildman–Crippen MR) is 109 cm³/mol. The summed E-state index contributed by atoms with van der Waals surface area (Å²) in [5, 5.41) is 0. The Bertz CT molecular complexity index is 1130. The lowest BCUT2D eigenvalue weighted by atomic mass is 10.1. The maximum Gasteiger partial charge on any atom is 0.256 e. The maximum atomic E-state index is 14.2. The molecule has 11 heteroatoms. The Morgan fingerprint density at radius 2 is 1.63 bits per heavy atom. The van der Waals surface area contributed by atoms with Crippen LogP contribution in [0.5, 0.6) is 0 Å². The van der Waals surface area contributed by atoms with Crippen LogP contribution in [0.25, 0.3) is 0 Å². The highest BCUT2D eigenvalue weighted by molar-refractivity contribution is 7.89. The average molecular weight is 456 g/mol. The minimum atomic E-state index is -3.83. The smallest absolute Gasteiger partial charge is 0.256 e. The van der Waals surface area contributed by atoms with Gasteiger partial charge in [-0.3, -0.25) is 4.79 Å². The fraction of sp³-hybridized carbons (Fsp3) is 0.316. The van der Waals surface area contributed by atoms with Crippen LogP contribution in [0.4, 0.5) is 4.39 Å². The summed E-state index contributed by atoms with van der Waals surface area (Å²) in [5.74, 6) is -1.66. The first-order valence-electron chi connectivity index (χ1n) is 9.18. The number of halogens is 1. The second kappa shape index (κ2) is 8.80. The average Bonchev–Trinajstić information content (AvgIpc) is 2.74. The molecule has 1 fully saturated rings. The van der Waals surface area contributed by atoms with E-state index in [-0.39, 0.29) is 42.4 Å². The third kappa shape index (κ3) is 4.86. The van der Waals surface area contributed by atoms with Crippen LogP contribution in [0, 0.1) is 5.82 Å². The molecule has 1 N–H and O–H groups in total. The van der Waals surface area contributed by atoms with Gasteiger partial charge in [0.1, 0.15) is 5.82 Å². The van der Waals surface area contributed by atoms with Gasteiger partial charge in [-0.2, -0.15) is 4.31 Å². The number of benzene rings is 2. The van der Waals surface area contributed by atoms with E-state index in [4.69, 9.17) is 0 Å². The first kappa shape index (κ1) is 22.3. The molecule has 1 aliphatic rings. The molecular formula is C19H22FN3O5S2. The molecule has 1 aliphatic heterocycles. The second-order valence-corrected chi connectivity index (χ2v) is 10.6. The van der Waals surface area contributed by atoms with Crippen LogP contribution in [0.2, 0.25) is 0 Å². The van der Waals surface area contributed by atoms with Crippen LogP contribution in [0.3, 0.4) is 0 Å². The van der Waals surface area contributed by atoms with Gasteiger partial charge in [-0.25, -0.2) is 25.9 Å². The topological polar surface area (TPSA) is 104 Å². The molecule has 1 heterocycles. The Hall–Kier alpha value is -2.34. The van der Waals surface area contributed by atoms with Gasteiger partial charge in [-0.05, 0) is 30.8 Å². The molecule has 2 aromatic rings. The fourth-order valence-electron chi connectivity index (χ4n) is 3.17. The summed E-state index contributed by atoms with van der Waals surface area (Å²) in [4.78, 5) is 13.8. The second-order valence-electron chi connectivity index (χ2n) is 6.78. The summed E-state index contributed by atoms with van der Waals surface area (Å²) in [5.41, 5.74) is 0.299. The monoisotopic (exact) mass is 455 g/mol. The summed E-state index contributed by atoms with van der Waals surface area (Å²) in [6.07, 6.45) is 0. The molecule has 1 amide bonds. The van der Waals surface area contributed by atoms with Crippen molar-refractivity contribution >= 4 is 26.0 Å². The molecule has 0 radical (unpaired) electrons. The Morgan fingerprint density at radius 3 is 2.23 bits per heavy atom. The minimum absolute atomic E-state index is 0.0787. The van der Waals surface area contributed by atoms with Crippen LogP contribution in [-0.2, 0) is 25.8 Å². The largest absolute Gasteiger partial charge is 0.336 e. The maximum absolute atomic E-state index is 14.2. The molecule has 0 spiro atoms. The van der Waals surface area contributed by atoms with E-state index in [0.29, 0.717) is 5.56 Å². The molecule has 162 valence electrons. The number of nitrogens with one attached hydrogen (secondary N) is 1. The van der Waals surface area contributed by atoms with Gasteiger partial charge in [0.25, 0.3) is 5.91 Å². The summed E-state index contributed by atoms with van der Waals surface area (Å²) in [6.45, 7) is 0.318. The number of hydrogen-bond donors (Lipinski definition) is 1. The Balaban J connectivity index is 1.71. The minimum Gasteiger partial charge on any atom is -0.336 e. The number of piperazine rings is 1. The van der Waals surface area contributed by atoms with Crippen molar-refractivity contribution in [2.75, 3.05) is 33.2 Å². The molecule has 0 atom stereocenters. The zero-order chi connectivity index (χ0) is 21.9. The predicted octanol–water partition coefficient (Wildman–Crippen LogP) is 1.02. The molecule has 2 aromatic carbocycles. The molecule has 0 bridgehead atoms. The number of hydrogen-bond acceptors (Lipinski definition) is 5. The Morgan fingerprint density at radius 1 is 1.00 bits per heavy atom. The highest BCUT2D eigenvalue weighted by Crippen LogP contribution is 2.19. The van der Waals surface area contributed by atoms with Crippen LogP contribution in [0.15, 0.2) is 53.4 Å². The van der Waals surface area contributed by atoms with Gasteiger partial charge in [0, 0.05) is 26.2 Å². The fourth-order valence-corrected chi connectivity index (χ4v) is 5.44. The molecule has 8 nitrogen and oxygen atoms in total. The van der Waals surface area contributed by atoms with E-state index in [1.807, 2.05) is 0 Å². The van der Waals surface area contributed by atoms with E-state index in [2.05, 4.69) is 4.72 Å². The Kier molecular flexibility index (Phi) is 6.56. The SMILES string of the molecule is CNS(=O)(=O)c1ccc(F)c(C(=O)N2CCN(S(=O)(=O)Cc3ccccc3)CC2)c1. The molecule has 1 saturated heterocycles. The number of carbonyl (C=O) groups is 1. The van der Waals surface area contributed by atoms with Gasteiger partial charge >= 0.3 is 0 Å². The third-order valence-electron chi connectivity index (χ3n) is 4.86. The lowest BCUT2D eigenvalue weighted by Gasteiger charge is -2.34.